The summed E-state index contributed by atoms with van der Waals surface area (Å²) in [6.07, 6.45) is 2.70. The molecule has 1 aliphatic rings. The van der Waals surface area contributed by atoms with Gasteiger partial charge in [0.25, 0.3) is 5.56 Å². The van der Waals surface area contributed by atoms with Gasteiger partial charge in [-0.2, -0.15) is 0 Å². The number of nitrogens with zero attached hydrogens (tertiary/aromatic N) is 3. The second-order valence-electron chi connectivity index (χ2n) is 5.93. The number of aromatic nitrogens is 2. The molecule has 1 amide bonds. The van der Waals surface area contributed by atoms with Crippen molar-refractivity contribution in [2.45, 2.75) is 12.2 Å². The van der Waals surface area contributed by atoms with Gasteiger partial charge in [-0.15, -0.1) is 23.1 Å². The monoisotopic (exact) mass is 381 g/mol. The number of rotatable bonds is 8. The summed E-state index contributed by atoms with van der Waals surface area (Å²) in [6.45, 7) is 6.03. The molecule has 0 aliphatic carbocycles. The van der Waals surface area contributed by atoms with Gasteiger partial charge in [0.05, 0.1) is 11.4 Å². The molecule has 9 heteroatoms. The molecule has 3 heterocycles. The van der Waals surface area contributed by atoms with Crippen LogP contribution < -0.4 is 16.2 Å². The Bertz CT molecular complexity index is 754. The van der Waals surface area contributed by atoms with Crippen molar-refractivity contribution in [3.63, 3.8) is 0 Å². The Hall–Kier alpha value is -1.42. The fraction of sp³-hybridized carbons (Fsp3) is 0.562. The first-order chi connectivity index (χ1) is 12.2. The third kappa shape index (κ3) is 5.53. The number of fused-ring (bicyclic) bond motifs is 1. The van der Waals surface area contributed by atoms with Gasteiger partial charge < -0.3 is 15.5 Å². The molecule has 7 nitrogen and oxygen atoms in total. The molecule has 25 heavy (non-hydrogen) atoms. The average Bonchev–Trinajstić information content (AvgIpc) is 3.09. The molecule has 1 saturated heterocycles. The number of amides is 1. The van der Waals surface area contributed by atoms with Gasteiger partial charge in [0.15, 0.2) is 4.96 Å². The molecule has 1 aliphatic heterocycles. The lowest BCUT2D eigenvalue weighted by Gasteiger charge is -2.27. The van der Waals surface area contributed by atoms with Crippen molar-refractivity contribution in [1.29, 1.82) is 0 Å². The van der Waals surface area contributed by atoms with E-state index < -0.39 is 0 Å². The predicted molar refractivity (Wildman–Crippen MR) is 102 cm³/mol. The van der Waals surface area contributed by atoms with Gasteiger partial charge >= 0.3 is 0 Å². The molecule has 0 aromatic carbocycles. The Labute approximate surface area is 154 Å². The van der Waals surface area contributed by atoms with Crippen LogP contribution >= 0.6 is 23.1 Å². The van der Waals surface area contributed by atoms with Crippen molar-refractivity contribution in [3.05, 3.63) is 33.7 Å². The summed E-state index contributed by atoms with van der Waals surface area (Å²) in [6, 6.07) is 1.54. The highest BCUT2D eigenvalue weighted by atomic mass is 32.2. The zero-order chi connectivity index (χ0) is 17.5. The van der Waals surface area contributed by atoms with Crippen LogP contribution in [0.5, 0.6) is 0 Å². The van der Waals surface area contributed by atoms with E-state index in [2.05, 4.69) is 20.5 Å². The summed E-state index contributed by atoms with van der Waals surface area (Å²) in [5.74, 6) is 0.996. The predicted octanol–water partition coefficient (Wildman–Crippen LogP) is 0.401. The minimum atomic E-state index is -0.0702. The van der Waals surface area contributed by atoms with Crippen molar-refractivity contribution in [2.75, 3.05) is 45.0 Å². The summed E-state index contributed by atoms with van der Waals surface area (Å²) in [4.78, 5) is 31.3. The Morgan fingerprint density at radius 3 is 3.08 bits per heavy atom. The van der Waals surface area contributed by atoms with Gasteiger partial charge in [-0.3, -0.25) is 14.0 Å². The number of carbonyl (C=O) groups excluding carboxylic acids is 1. The average molecular weight is 382 g/mol. The van der Waals surface area contributed by atoms with Crippen molar-refractivity contribution < 1.29 is 4.79 Å². The number of thioether (sulfide) groups is 1. The molecule has 2 N–H and O–H groups in total. The maximum atomic E-state index is 11.9. The van der Waals surface area contributed by atoms with Gasteiger partial charge in [-0.1, -0.05) is 0 Å². The number of carbonyl (C=O) groups is 1. The molecule has 2 aromatic heterocycles. The maximum absolute atomic E-state index is 11.9. The van der Waals surface area contributed by atoms with E-state index in [0.29, 0.717) is 23.0 Å². The first-order valence-corrected chi connectivity index (χ1v) is 10.5. The summed E-state index contributed by atoms with van der Waals surface area (Å²) < 4.78 is 1.53. The molecule has 1 fully saturated rings. The second-order valence-corrected chi connectivity index (χ2v) is 7.79. The van der Waals surface area contributed by atoms with Gasteiger partial charge in [-0.25, -0.2) is 4.98 Å². The molecule has 136 valence electrons. The van der Waals surface area contributed by atoms with Crippen LogP contribution in [0.15, 0.2) is 22.4 Å². The molecule has 0 saturated carbocycles. The number of hydrogen-bond donors (Lipinski definition) is 2. The molecule has 3 rings (SSSR count). The van der Waals surface area contributed by atoms with Crippen LogP contribution in [0.2, 0.25) is 0 Å². The Morgan fingerprint density at radius 2 is 2.24 bits per heavy atom. The Morgan fingerprint density at radius 1 is 1.40 bits per heavy atom. The lowest BCUT2D eigenvalue weighted by Crippen LogP contribution is -2.44. The van der Waals surface area contributed by atoms with Crippen molar-refractivity contribution in [2.24, 2.45) is 0 Å². The lowest BCUT2D eigenvalue weighted by atomic mass is 10.3. The fourth-order valence-electron chi connectivity index (χ4n) is 2.73. The normalized spacial score (nSPS) is 15.5. The Balaban J connectivity index is 1.32. The highest BCUT2D eigenvalue weighted by molar-refractivity contribution is 7.99. The van der Waals surface area contributed by atoms with Crippen LogP contribution in [-0.4, -0.2) is 65.2 Å². The molecule has 0 atom stereocenters. The van der Waals surface area contributed by atoms with Crippen molar-refractivity contribution in [3.8, 4) is 0 Å². The largest absolute Gasteiger partial charge is 0.355 e. The van der Waals surface area contributed by atoms with E-state index in [0.717, 1.165) is 44.8 Å². The van der Waals surface area contributed by atoms with E-state index >= 15 is 0 Å². The van der Waals surface area contributed by atoms with Crippen LogP contribution in [0, 0.1) is 0 Å². The number of nitrogens with one attached hydrogen (secondary N) is 2. The topological polar surface area (TPSA) is 78.7 Å². The van der Waals surface area contributed by atoms with Gasteiger partial charge in [0.1, 0.15) is 0 Å². The second kappa shape index (κ2) is 9.33. The van der Waals surface area contributed by atoms with E-state index in [9.17, 15) is 9.59 Å². The molecule has 0 radical (unpaired) electrons. The number of piperazine rings is 1. The molecule has 0 spiro atoms. The first kappa shape index (κ1) is 18.4. The van der Waals surface area contributed by atoms with Crippen molar-refractivity contribution >= 4 is 34.0 Å². The van der Waals surface area contributed by atoms with Gasteiger partial charge in [0, 0.05) is 56.1 Å². The zero-order valence-electron chi connectivity index (χ0n) is 14.1. The standard InChI is InChI=1S/C16H23N5O2S2/c22-14(18-2-1-5-20-6-3-17-4-7-20)12-24-11-13-10-15(23)21-8-9-25-16(21)19-13/h8-10,17H,1-7,11-12H2,(H,18,22). The summed E-state index contributed by atoms with van der Waals surface area (Å²) in [5.41, 5.74) is 0.656. The maximum Gasteiger partial charge on any atom is 0.258 e. The quantitative estimate of drug-likeness (QED) is 0.645. The Kier molecular flexibility index (Phi) is 6.85. The van der Waals surface area contributed by atoms with Crippen LogP contribution in [0.1, 0.15) is 12.1 Å². The van der Waals surface area contributed by atoms with E-state index in [1.165, 1.54) is 33.6 Å². The smallest absolute Gasteiger partial charge is 0.258 e. The summed E-state index contributed by atoms with van der Waals surface area (Å²) >= 11 is 2.92. The number of hydrogen-bond acceptors (Lipinski definition) is 7. The zero-order valence-corrected chi connectivity index (χ0v) is 15.7. The molecule has 2 aromatic rings. The van der Waals surface area contributed by atoms with Crippen LogP contribution in [0.4, 0.5) is 0 Å². The molecular weight excluding hydrogens is 358 g/mol. The van der Waals surface area contributed by atoms with E-state index in [1.807, 2.05) is 5.38 Å². The van der Waals surface area contributed by atoms with Gasteiger partial charge in [0.2, 0.25) is 5.91 Å². The third-order valence-corrected chi connectivity index (χ3v) is 5.75. The minimum Gasteiger partial charge on any atom is -0.355 e. The molecular formula is C16H23N5O2S2. The highest BCUT2D eigenvalue weighted by Crippen LogP contribution is 2.12. The number of thiazole rings is 1. The summed E-state index contributed by atoms with van der Waals surface area (Å²) in [7, 11) is 0. The van der Waals surface area contributed by atoms with Crippen LogP contribution in [-0.2, 0) is 10.5 Å². The minimum absolute atomic E-state index is 0.0410. The van der Waals surface area contributed by atoms with Crippen molar-refractivity contribution in [1.82, 2.24) is 24.9 Å². The van der Waals surface area contributed by atoms with Crippen LogP contribution in [0.3, 0.4) is 0 Å². The first-order valence-electron chi connectivity index (χ1n) is 8.46. The lowest BCUT2D eigenvalue weighted by molar-refractivity contribution is -0.118. The van der Waals surface area contributed by atoms with E-state index in [1.54, 1.807) is 6.20 Å². The van der Waals surface area contributed by atoms with E-state index in [4.69, 9.17) is 0 Å². The third-order valence-electron chi connectivity index (χ3n) is 4.02. The molecule has 0 bridgehead atoms. The van der Waals surface area contributed by atoms with Crippen LogP contribution in [0.25, 0.3) is 4.96 Å². The van der Waals surface area contributed by atoms with E-state index in [-0.39, 0.29) is 11.5 Å². The highest BCUT2D eigenvalue weighted by Gasteiger charge is 2.09. The SMILES string of the molecule is O=C(CSCc1cc(=O)n2ccsc2n1)NCCCN1CCNCC1. The summed E-state index contributed by atoms with van der Waals surface area (Å²) in [5, 5.41) is 8.13. The van der Waals surface area contributed by atoms with Gasteiger partial charge in [-0.05, 0) is 13.0 Å². The molecule has 0 unspecified atom stereocenters. The fourth-order valence-corrected chi connectivity index (χ4v) is 4.21.